The number of hydrogen-bond donors (Lipinski definition) is 1. The third-order valence-corrected chi connectivity index (χ3v) is 5.13. The van der Waals surface area contributed by atoms with E-state index in [-0.39, 0.29) is 11.4 Å². The van der Waals surface area contributed by atoms with Crippen LogP contribution in [-0.2, 0) is 19.5 Å². The lowest BCUT2D eigenvalue weighted by atomic mass is 10.0. The minimum Gasteiger partial charge on any atom is -0.445 e. The van der Waals surface area contributed by atoms with Crippen molar-refractivity contribution in [1.82, 2.24) is 0 Å². The Balaban J connectivity index is 1.75. The quantitative estimate of drug-likeness (QED) is 0.736. The molecule has 1 N–H and O–H groups in total. The van der Waals surface area contributed by atoms with E-state index in [1.54, 1.807) is 12.1 Å². The van der Waals surface area contributed by atoms with Crippen molar-refractivity contribution in [1.29, 1.82) is 0 Å². The van der Waals surface area contributed by atoms with Crippen LogP contribution in [0.2, 0.25) is 0 Å². The minimum atomic E-state index is -0.285. The summed E-state index contributed by atoms with van der Waals surface area (Å²) in [6.07, 6.45) is 0.641. The van der Waals surface area contributed by atoms with E-state index in [0.717, 1.165) is 27.2 Å². The molecule has 0 aliphatic carbocycles. The summed E-state index contributed by atoms with van der Waals surface area (Å²) in [5, 5.41) is 0.941. The second-order valence-electron chi connectivity index (χ2n) is 6.75. The molecule has 2 aromatic carbocycles. The number of ether oxygens (including phenoxy) is 1. The van der Waals surface area contributed by atoms with Gasteiger partial charge in [-0.15, -0.1) is 0 Å². The van der Waals surface area contributed by atoms with Crippen LogP contribution in [-0.4, -0.2) is 6.73 Å². The molecular formula is C21H21FNO3+. The SMILES string of the molecule is CCc1c(C)c2ccc3c(c2oc1=O)C[NH+](Cc1ccccc1F)CO3. The first-order valence-electron chi connectivity index (χ1n) is 8.86. The summed E-state index contributed by atoms with van der Waals surface area (Å²) >= 11 is 0. The Hall–Kier alpha value is -2.66. The molecule has 1 aromatic heterocycles. The first kappa shape index (κ1) is 16.8. The van der Waals surface area contributed by atoms with Crippen molar-refractivity contribution in [3.8, 4) is 5.75 Å². The number of rotatable bonds is 3. The number of nitrogens with one attached hydrogen (secondary N) is 1. The molecule has 1 atom stereocenters. The van der Waals surface area contributed by atoms with Gasteiger partial charge < -0.3 is 9.15 Å². The summed E-state index contributed by atoms with van der Waals surface area (Å²) in [6.45, 7) is 5.49. The van der Waals surface area contributed by atoms with Crippen molar-refractivity contribution in [2.75, 3.05) is 6.73 Å². The van der Waals surface area contributed by atoms with E-state index in [1.807, 2.05) is 32.0 Å². The molecule has 1 aliphatic rings. The summed E-state index contributed by atoms with van der Waals surface area (Å²) in [7, 11) is 0. The molecule has 1 aliphatic heterocycles. The van der Waals surface area contributed by atoms with Gasteiger partial charge in [0.2, 0.25) is 6.73 Å². The smallest absolute Gasteiger partial charge is 0.339 e. The summed E-state index contributed by atoms with van der Waals surface area (Å²) in [5.74, 6) is 0.528. The molecule has 5 heteroatoms. The van der Waals surface area contributed by atoms with E-state index in [4.69, 9.17) is 9.15 Å². The average Bonchev–Trinajstić information content (AvgIpc) is 2.64. The van der Waals surface area contributed by atoms with Crippen LogP contribution < -0.4 is 15.3 Å². The van der Waals surface area contributed by atoms with E-state index in [9.17, 15) is 9.18 Å². The van der Waals surface area contributed by atoms with Crippen LogP contribution in [0.25, 0.3) is 11.0 Å². The maximum atomic E-state index is 14.0. The number of halogens is 1. The third-order valence-electron chi connectivity index (χ3n) is 5.13. The largest absolute Gasteiger partial charge is 0.445 e. The Bertz CT molecular complexity index is 1040. The van der Waals surface area contributed by atoms with E-state index in [2.05, 4.69) is 0 Å². The van der Waals surface area contributed by atoms with Crippen molar-refractivity contribution in [3.05, 3.63) is 74.9 Å². The van der Waals surface area contributed by atoms with Gasteiger partial charge in [0.1, 0.15) is 24.7 Å². The van der Waals surface area contributed by atoms with Gasteiger partial charge in [-0.2, -0.15) is 0 Å². The molecule has 3 aromatic rings. The zero-order valence-electron chi connectivity index (χ0n) is 14.9. The molecule has 0 saturated carbocycles. The average molecular weight is 354 g/mol. The van der Waals surface area contributed by atoms with Crippen molar-refractivity contribution >= 4 is 11.0 Å². The van der Waals surface area contributed by atoms with Gasteiger partial charge >= 0.3 is 5.63 Å². The topological polar surface area (TPSA) is 43.9 Å². The standard InChI is InChI=1S/C21H20FNO3/c1-3-15-13(2)16-8-9-19-17(20(16)26-21(15)24)11-23(12-25-19)10-14-6-4-5-7-18(14)22/h4-9H,3,10-12H2,1-2H3/p+1. The molecular weight excluding hydrogens is 333 g/mol. The molecule has 0 saturated heterocycles. The minimum absolute atomic E-state index is 0.210. The number of benzene rings is 2. The van der Waals surface area contributed by atoms with Crippen molar-refractivity contribution in [2.45, 2.75) is 33.4 Å². The highest BCUT2D eigenvalue weighted by atomic mass is 19.1. The monoisotopic (exact) mass is 354 g/mol. The Morgan fingerprint density at radius 3 is 2.77 bits per heavy atom. The van der Waals surface area contributed by atoms with Gasteiger partial charge in [-0.1, -0.05) is 25.1 Å². The molecule has 1 unspecified atom stereocenters. The van der Waals surface area contributed by atoms with Crippen LogP contribution in [0.3, 0.4) is 0 Å². The molecule has 4 nitrogen and oxygen atoms in total. The Labute approximate surface area is 150 Å². The third kappa shape index (κ3) is 2.78. The van der Waals surface area contributed by atoms with E-state index < -0.39 is 0 Å². The highest BCUT2D eigenvalue weighted by Crippen LogP contribution is 2.30. The zero-order valence-corrected chi connectivity index (χ0v) is 14.9. The van der Waals surface area contributed by atoms with E-state index >= 15 is 0 Å². The number of fused-ring (bicyclic) bond motifs is 3. The normalized spacial score (nSPS) is 16.3. The van der Waals surface area contributed by atoms with Gasteiger partial charge in [-0.05, 0) is 37.1 Å². The maximum absolute atomic E-state index is 14.0. The van der Waals surface area contributed by atoms with E-state index in [1.165, 1.54) is 6.07 Å². The lowest BCUT2D eigenvalue weighted by Crippen LogP contribution is -3.11. The maximum Gasteiger partial charge on any atom is 0.339 e. The van der Waals surface area contributed by atoms with Gasteiger partial charge in [0.05, 0.1) is 5.56 Å². The fourth-order valence-corrected chi connectivity index (χ4v) is 3.71. The predicted octanol–water partition coefficient (Wildman–Crippen LogP) is 2.74. The van der Waals surface area contributed by atoms with Crippen molar-refractivity contribution in [2.24, 2.45) is 0 Å². The van der Waals surface area contributed by atoms with Crippen LogP contribution in [0, 0.1) is 12.7 Å². The summed E-state index contributed by atoms with van der Waals surface area (Å²) < 4.78 is 25.5. The van der Waals surface area contributed by atoms with Crippen LogP contribution in [0.4, 0.5) is 4.39 Å². The highest BCUT2D eigenvalue weighted by Gasteiger charge is 2.26. The molecule has 0 amide bonds. The highest BCUT2D eigenvalue weighted by molar-refractivity contribution is 5.85. The number of hydrogen-bond acceptors (Lipinski definition) is 3. The molecule has 0 radical (unpaired) electrons. The molecule has 4 rings (SSSR count). The van der Waals surface area contributed by atoms with Crippen LogP contribution >= 0.6 is 0 Å². The Kier molecular flexibility index (Phi) is 4.24. The zero-order chi connectivity index (χ0) is 18.3. The molecule has 26 heavy (non-hydrogen) atoms. The number of aryl methyl sites for hydroxylation is 1. The lowest BCUT2D eigenvalue weighted by Gasteiger charge is -2.27. The summed E-state index contributed by atoms with van der Waals surface area (Å²) in [4.78, 5) is 13.4. The van der Waals surface area contributed by atoms with Gasteiger partial charge in [-0.25, -0.2) is 9.18 Å². The summed E-state index contributed by atoms with van der Waals surface area (Å²) in [5.41, 5.74) is 3.51. The molecule has 134 valence electrons. The van der Waals surface area contributed by atoms with Crippen LogP contribution in [0.1, 0.15) is 29.2 Å². The molecule has 0 spiro atoms. The first-order chi connectivity index (χ1) is 12.6. The number of quaternary nitrogens is 1. The van der Waals surface area contributed by atoms with Gasteiger partial charge in [-0.3, -0.25) is 4.90 Å². The lowest BCUT2D eigenvalue weighted by molar-refractivity contribution is -0.945. The fourth-order valence-electron chi connectivity index (χ4n) is 3.71. The fraction of sp³-hybridized carbons (Fsp3) is 0.286. The summed E-state index contributed by atoms with van der Waals surface area (Å²) in [6, 6.07) is 10.7. The van der Waals surface area contributed by atoms with Gasteiger partial charge in [0, 0.05) is 16.5 Å². The molecule has 0 bridgehead atoms. The van der Waals surface area contributed by atoms with E-state index in [0.29, 0.717) is 43.0 Å². The predicted molar refractivity (Wildman–Crippen MR) is 96.9 cm³/mol. The van der Waals surface area contributed by atoms with Crippen LogP contribution in [0.5, 0.6) is 5.75 Å². The first-order valence-corrected chi connectivity index (χ1v) is 8.86. The molecule has 0 fully saturated rings. The molecule has 2 heterocycles. The second kappa shape index (κ2) is 6.57. The van der Waals surface area contributed by atoms with Gasteiger partial charge in [0.25, 0.3) is 0 Å². The van der Waals surface area contributed by atoms with Crippen LogP contribution in [0.15, 0.2) is 45.6 Å². The second-order valence-corrected chi connectivity index (χ2v) is 6.75. The Morgan fingerprint density at radius 1 is 1.19 bits per heavy atom. The van der Waals surface area contributed by atoms with Gasteiger partial charge in [0.15, 0.2) is 5.58 Å². The van der Waals surface area contributed by atoms with Crippen molar-refractivity contribution in [3.63, 3.8) is 0 Å². The Morgan fingerprint density at radius 2 is 2.00 bits per heavy atom. The van der Waals surface area contributed by atoms with Crippen molar-refractivity contribution < 1.29 is 18.4 Å².